The lowest BCUT2D eigenvalue weighted by molar-refractivity contribution is -0.142. The molecule has 0 saturated carbocycles. The normalized spacial score (nSPS) is 20.6. The molecule has 1 aromatic heterocycles. The zero-order valence-corrected chi connectivity index (χ0v) is 10.7. The van der Waals surface area contributed by atoms with Gasteiger partial charge in [-0.15, -0.1) is 0 Å². The van der Waals surface area contributed by atoms with Crippen LogP contribution in [-0.4, -0.2) is 40.5 Å². The zero-order chi connectivity index (χ0) is 12.8. The number of esters is 1. The maximum absolute atomic E-state index is 11.4. The first-order valence-corrected chi connectivity index (χ1v) is 6.36. The van der Waals surface area contributed by atoms with Gasteiger partial charge in [0.25, 0.3) is 0 Å². The van der Waals surface area contributed by atoms with Crippen LogP contribution in [0.4, 0.5) is 0 Å². The number of rotatable bonds is 4. The first-order chi connectivity index (χ1) is 8.79. The smallest absolute Gasteiger partial charge is 0.307 e. The van der Waals surface area contributed by atoms with Crippen molar-refractivity contribution in [2.45, 2.75) is 38.3 Å². The predicted molar refractivity (Wildman–Crippen MR) is 66.7 cm³/mol. The number of nitrogens with zero attached hydrogens (tertiary/aromatic N) is 3. The van der Waals surface area contributed by atoms with Crippen LogP contribution in [0.15, 0.2) is 18.5 Å². The molecular formula is C13H19N3O2. The third-order valence-electron chi connectivity index (χ3n) is 3.34. The van der Waals surface area contributed by atoms with Gasteiger partial charge in [0, 0.05) is 18.4 Å². The Morgan fingerprint density at radius 1 is 1.44 bits per heavy atom. The summed E-state index contributed by atoms with van der Waals surface area (Å²) in [5, 5.41) is 0. The molecule has 0 bridgehead atoms. The Morgan fingerprint density at radius 2 is 2.22 bits per heavy atom. The summed E-state index contributed by atoms with van der Waals surface area (Å²) in [4.78, 5) is 22.2. The van der Waals surface area contributed by atoms with Crippen molar-refractivity contribution in [1.82, 2.24) is 14.9 Å². The van der Waals surface area contributed by atoms with Crippen LogP contribution in [-0.2, 0) is 16.1 Å². The minimum Gasteiger partial charge on any atom is -0.469 e. The van der Waals surface area contributed by atoms with Gasteiger partial charge in [-0.3, -0.25) is 9.69 Å². The summed E-state index contributed by atoms with van der Waals surface area (Å²) in [5.41, 5.74) is 0. The molecule has 5 nitrogen and oxygen atoms in total. The number of aromatic nitrogens is 2. The number of hydrogen-bond donors (Lipinski definition) is 0. The lowest BCUT2D eigenvalue weighted by Crippen LogP contribution is -2.40. The zero-order valence-electron chi connectivity index (χ0n) is 10.7. The standard InChI is InChI=1S/C13H19N3O2/c1-18-13(17)9-11-5-2-3-8-16(11)10-12-14-6-4-7-15-12/h4,6-7,11H,2-3,5,8-10H2,1H3. The van der Waals surface area contributed by atoms with Crippen molar-refractivity contribution in [2.24, 2.45) is 0 Å². The molecule has 1 aliphatic heterocycles. The lowest BCUT2D eigenvalue weighted by Gasteiger charge is -2.34. The van der Waals surface area contributed by atoms with Crippen molar-refractivity contribution >= 4 is 5.97 Å². The first kappa shape index (κ1) is 13.0. The van der Waals surface area contributed by atoms with E-state index >= 15 is 0 Å². The molecule has 5 heteroatoms. The van der Waals surface area contributed by atoms with Crippen LogP contribution in [0.1, 0.15) is 31.5 Å². The second-order valence-corrected chi connectivity index (χ2v) is 4.57. The average molecular weight is 249 g/mol. The second kappa shape index (κ2) is 6.44. The molecule has 1 atom stereocenters. The minimum absolute atomic E-state index is 0.138. The van der Waals surface area contributed by atoms with Gasteiger partial charge in [0.2, 0.25) is 0 Å². The third kappa shape index (κ3) is 3.50. The van der Waals surface area contributed by atoms with Gasteiger partial charge in [-0.25, -0.2) is 9.97 Å². The SMILES string of the molecule is COC(=O)CC1CCCCN1Cc1ncccn1. The van der Waals surface area contributed by atoms with Crippen LogP contribution >= 0.6 is 0 Å². The molecule has 0 aromatic carbocycles. The minimum atomic E-state index is -0.138. The van der Waals surface area contributed by atoms with E-state index in [-0.39, 0.29) is 12.0 Å². The molecule has 2 rings (SSSR count). The molecule has 1 unspecified atom stereocenters. The van der Waals surface area contributed by atoms with E-state index in [1.807, 2.05) is 6.07 Å². The van der Waals surface area contributed by atoms with Crippen LogP contribution in [0.25, 0.3) is 0 Å². The Labute approximate surface area is 107 Å². The molecule has 1 saturated heterocycles. The number of likely N-dealkylation sites (tertiary alicyclic amines) is 1. The van der Waals surface area contributed by atoms with Crippen LogP contribution in [0, 0.1) is 0 Å². The maximum Gasteiger partial charge on any atom is 0.307 e. The molecular weight excluding hydrogens is 230 g/mol. The highest BCUT2D eigenvalue weighted by atomic mass is 16.5. The van der Waals surface area contributed by atoms with Gasteiger partial charge >= 0.3 is 5.97 Å². The van der Waals surface area contributed by atoms with Gasteiger partial charge in [-0.1, -0.05) is 6.42 Å². The largest absolute Gasteiger partial charge is 0.469 e. The van der Waals surface area contributed by atoms with Gasteiger partial charge in [0.15, 0.2) is 0 Å². The second-order valence-electron chi connectivity index (χ2n) is 4.57. The van der Waals surface area contributed by atoms with Crippen LogP contribution in [0.3, 0.4) is 0 Å². The van der Waals surface area contributed by atoms with Crippen molar-refractivity contribution in [3.05, 3.63) is 24.3 Å². The Kier molecular flexibility index (Phi) is 4.64. The van der Waals surface area contributed by atoms with Crippen molar-refractivity contribution in [1.29, 1.82) is 0 Å². The van der Waals surface area contributed by atoms with E-state index in [2.05, 4.69) is 14.9 Å². The monoisotopic (exact) mass is 249 g/mol. The van der Waals surface area contributed by atoms with Crippen LogP contribution in [0.5, 0.6) is 0 Å². The van der Waals surface area contributed by atoms with Crippen LogP contribution in [0.2, 0.25) is 0 Å². The topological polar surface area (TPSA) is 55.3 Å². The highest BCUT2D eigenvalue weighted by Crippen LogP contribution is 2.21. The number of piperidine rings is 1. The summed E-state index contributed by atoms with van der Waals surface area (Å²) in [6.07, 6.45) is 7.35. The lowest BCUT2D eigenvalue weighted by atomic mass is 9.99. The Morgan fingerprint density at radius 3 is 2.94 bits per heavy atom. The predicted octanol–water partition coefficient (Wildman–Crippen LogP) is 1.39. The molecule has 1 aliphatic rings. The number of hydrogen-bond acceptors (Lipinski definition) is 5. The summed E-state index contributed by atoms with van der Waals surface area (Å²) in [7, 11) is 1.44. The number of carbonyl (C=O) groups excluding carboxylic acids is 1. The molecule has 2 heterocycles. The quantitative estimate of drug-likeness (QED) is 0.755. The van der Waals surface area contributed by atoms with E-state index in [9.17, 15) is 4.79 Å². The fourth-order valence-corrected chi connectivity index (χ4v) is 2.37. The number of methoxy groups -OCH3 is 1. The summed E-state index contributed by atoms with van der Waals surface area (Å²) < 4.78 is 4.75. The van der Waals surface area contributed by atoms with Gasteiger partial charge < -0.3 is 4.74 Å². The Balaban J connectivity index is 1.97. The fourth-order valence-electron chi connectivity index (χ4n) is 2.37. The highest BCUT2D eigenvalue weighted by Gasteiger charge is 2.25. The summed E-state index contributed by atoms with van der Waals surface area (Å²) in [6.45, 7) is 1.71. The molecule has 98 valence electrons. The first-order valence-electron chi connectivity index (χ1n) is 6.36. The highest BCUT2D eigenvalue weighted by molar-refractivity contribution is 5.69. The van der Waals surface area contributed by atoms with E-state index in [1.165, 1.54) is 20.0 Å². The molecule has 1 aromatic rings. The van der Waals surface area contributed by atoms with E-state index in [1.54, 1.807) is 12.4 Å². The van der Waals surface area contributed by atoms with Crippen molar-refractivity contribution in [2.75, 3.05) is 13.7 Å². The average Bonchev–Trinajstić information content (AvgIpc) is 2.42. The van der Waals surface area contributed by atoms with Crippen molar-refractivity contribution < 1.29 is 9.53 Å². The van der Waals surface area contributed by atoms with Crippen LogP contribution < -0.4 is 0 Å². The molecule has 0 N–H and O–H groups in total. The van der Waals surface area contributed by atoms with E-state index < -0.39 is 0 Å². The number of ether oxygens (including phenoxy) is 1. The van der Waals surface area contributed by atoms with Gasteiger partial charge in [0.05, 0.1) is 20.1 Å². The summed E-state index contributed by atoms with van der Waals surface area (Å²) in [5.74, 6) is 0.676. The third-order valence-corrected chi connectivity index (χ3v) is 3.34. The molecule has 1 fully saturated rings. The van der Waals surface area contributed by atoms with Gasteiger partial charge in [0.1, 0.15) is 5.82 Å². The van der Waals surface area contributed by atoms with Gasteiger partial charge in [-0.2, -0.15) is 0 Å². The summed E-state index contributed by atoms with van der Waals surface area (Å²) >= 11 is 0. The van der Waals surface area contributed by atoms with Gasteiger partial charge in [-0.05, 0) is 25.5 Å². The van der Waals surface area contributed by atoms with E-state index in [0.717, 1.165) is 18.8 Å². The molecule has 0 radical (unpaired) electrons. The van der Waals surface area contributed by atoms with E-state index in [0.29, 0.717) is 13.0 Å². The molecule has 0 amide bonds. The fraction of sp³-hybridized carbons (Fsp3) is 0.615. The summed E-state index contributed by atoms with van der Waals surface area (Å²) in [6, 6.07) is 2.07. The Hall–Kier alpha value is -1.49. The molecule has 18 heavy (non-hydrogen) atoms. The van der Waals surface area contributed by atoms with Crippen molar-refractivity contribution in [3.8, 4) is 0 Å². The molecule has 0 spiro atoms. The Bertz CT molecular complexity index is 383. The number of carbonyl (C=O) groups is 1. The maximum atomic E-state index is 11.4. The molecule has 0 aliphatic carbocycles. The van der Waals surface area contributed by atoms with E-state index in [4.69, 9.17) is 4.74 Å². The van der Waals surface area contributed by atoms with Crippen molar-refractivity contribution in [3.63, 3.8) is 0 Å².